The molecule has 5 nitrogen and oxygen atoms in total. The maximum Gasteiger partial charge on any atom is 0.219 e. The highest BCUT2D eigenvalue weighted by molar-refractivity contribution is 7.90. The van der Waals surface area contributed by atoms with Crippen molar-refractivity contribution in [3.05, 3.63) is 48.2 Å². The predicted molar refractivity (Wildman–Crippen MR) is 73.9 cm³/mol. The average Bonchev–Trinajstić information content (AvgIpc) is 2.38. The van der Waals surface area contributed by atoms with Gasteiger partial charge >= 0.3 is 0 Å². The van der Waals surface area contributed by atoms with Crippen LogP contribution in [-0.2, 0) is 9.84 Å². The molecule has 2 aromatic rings. The van der Waals surface area contributed by atoms with Crippen molar-refractivity contribution in [1.82, 2.24) is 4.98 Å². The first kappa shape index (κ1) is 14.2. The Hall–Kier alpha value is -2.21. The standard InChI is InChI=1S/C14H13NO4S/c1-10(16)11-6-7-14(15-9-11)19-12-4-3-5-13(8-12)20(2,17)18/h3-9H,1-2H3. The van der Waals surface area contributed by atoms with E-state index in [4.69, 9.17) is 4.74 Å². The number of hydrogen-bond donors (Lipinski definition) is 0. The van der Waals surface area contributed by atoms with Crippen LogP contribution in [0.25, 0.3) is 0 Å². The summed E-state index contributed by atoms with van der Waals surface area (Å²) in [6, 6.07) is 9.31. The lowest BCUT2D eigenvalue weighted by Gasteiger charge is -2.06. The minimum Gasteiger partial charge on any atom is -0.439 e. The Morgan fingerprint density at radius 1 is 1.20 bits per heavy atom. The zero-order valence-electron chi connectivity index (χ0n) is 11.0. The number of carbonyl (C=O) groups is 1. The summed E-state index contributed by atoms with van der Waals surface area (Å²) < 4.78 is 28.4. The van der Waals surface area contributed by atoms with Gasteiger partial charge in [-0.1, -0.05) is 6.07 Å². The number of ketones is 1. The van der Waals surface area contributed by atoms with Crippen LogP contribution in [0, 0.1) is 0 Å². The van der Waals surface area contributed by atoms with E-state index in [0.29, 0.717) is 17.2 Å². The van der Waals surface area contributed by atoms with E-state index in [-0.39, 0.29) is 10.7 Å². The van der Waals surface area contributed by atoms with Crippen LogP contribution >= 0.6 is 0 Å². The molecule has 0 bridgehead atoms. The van der Waals surface area contributed by atoms with E-state index in [9.17, 15) is 13.2 Å². The van der Waals surface area contributed by atoms with Crippen LogP contribution in [-0.4, -0.2) is 25.4 Å². The number of benzene rings is 1. The highest BCUT2D eigenvalue weighted by Gasteiger charge is 2.09. The van der Waals surface area contributed by atoms with Gasteiger partial charge in [-0.15, -0.1) is 0 Å². The first-order valence-corrected chi connectivity index (χ1v) is 7.70. The number of nitrogens with zero attached hydrogens (tertiary/aromatic N) is 1. The summed E-state index contributed by atoms with van der Waals surface area (Å²) in [7, 11) is -3.28. The van der Waals surface area contributed by atoms with E-state index in [2.05, 4.69) is 4.98 Å². The second-order valence-electron chi connectivity index (χ2n) is 4.29. The molecular weight excluding hydrogens is 278 g/mol. The molecule has 0 aliphatic heterocycles. The third-order valence-electron chi connectivity index (χ3n) is 2.60. The highest BCUT2D eigenvalue weighted by atomic mass is 32.2. The molecular formula is C14H13NO4S. The molecule has 1 aromatic heterocycles. The van der Waals surface area contributed by atoms with Crippen LogP contribution in [0.15, 0.2) is 47.5 Å². The molecule has 0 unspecified atom stereocenters. The summed E-state index contributed by atoms with van der Waals surface area (Å²) >= 11 is 0. The molecule has 0 fully saturated rings. The molecule has 104 valence electrons. The molecule has 0 aliphatic carbocycles. The lowest BCUT2D eigenvalue weighted by molar-refractivity contribution is 0.101. The van der Waals surface area contributed by atoms with Crippen molar-refractivity contribution in [2.75, 3.05) is 6.26 Å². The summed E-state index contributed by atoms with van der Waals surface area (Å²) in [5.41, 5.74) is 0.488. The summed E-state index contributed by atoms with van der Waals surface area (Å²) in [5.74, 6) is 0.583. The third-order valence-corrected chi connectivity index (χ3v) is 3.71. The fourth-order valence-electron chi connectivity index (χ4n) is 1.54. The Kier molecular flexibility index (Phi) is 3.85. The minimum absolute atomic E-state index is 0.0804. The zero-order valence-corrected chi connectivity index (χ0v) is 11.8. The molecule has 0 spiro atoms. The fraction of sp³-hybridized carbons (Fsp3) is 0.143. The van der Waals surface area contributed by atoms with E-state index >= 15 is 0 Å². The van der Waals surface area contributed by atoms with Crippen molar-refractivity contribution in [3.63, 3.8) is 0 Å². The second-order valence-corrected chi connectivity index (χ2v) is 6.31. The number of aromatic nitrogens is 1. The summed E-state index contributed by atoms with van der Waals surface area (Å²) in [6.45, 7) is 1.45. The molecule has 0 atom stereocenters. The molecule has 1 heterocycles. The molecule has 1 aromatic carbocycles. The van der Waals surface area contributed by atoms with Gasteiger partial charge in [0.25, 0.3) is 0 Å². The van der Waals surface area contributed by atoms with Crippen molar-refractivity contribution >= 4 is 15.6 Å². The van der Waals surface area contributed by atoms with E-state index in [1.54, 1.807) is 24.3 Å². The van der Waals surface area contributed by atoms with Gasteiger partial charge in [-0.25, -0.2) is 13.4 Å². The number of hydrogen-bond acceptors (Lipinski definition) is 5. The maximum absolute atomic E-state index is 11.4. The Bertz CT molecular complexity index is 736. The monoisotopic (exact) mass is 291 g/mol. The molecule has 0 saturated heterocycles. The van der Waals surface area contributed by atoms with Crippen LogP contribution < -0.4 is 4.74 Å². The zero-order chi connectivity index (χ0) is 14.8. The van der Waals surface area contributed by atoms with E-state index < -0.39 is 9.84 Å². The van der Waals surface area contributed by atoms with E-state index in [0.717, 1.165) is 6.26 Å². The Labute approximate surface area is 117 Å². The largest absolute Gasteiger partial charge is 0.439 e. The predicted octanol–water partition coefficient (Wildman–Crippen LogP) is 2.48. The van der Waals surface area contributed by atoms with Crippen LogP contribution in [0.1, 0.15) is 17.3 Å². The number of rotatable bonds is 4. The van der Waals surface area contributed by atoms with Crippen LogP contribution in [0.4, 0.5) is 0 Å². The number of sulfone groups is 1. The normalized spacial score (nSPS) is 11.1. The van der Waals surface area contributed by atoms with Gasteiger partial charge in [-0.3, -0.25) is 4.79 Å². The molecule has 0 radical (unpaired) electrons. The van der Waals surface area contributed by atoms with Crippen LogP contribution in [0.3, 0.4) is 0 Å². The van der Waals surface area contributed by atoms with Gasteiger partial charge in [0.15, 0.2) is 15.6 Å². The Morgan fingerprint density at radius 2 is 1.95 bits per heavy atom. The average molecular weight is 291 g/mol. The lowest BCUT2D eigenvalue weighted by Crippen LogP contribution is -1.98. The van der Waals surface area contributed by atoms with E-state index in [1.165, 1.54) is 25.3 Å². The summed E-state index contributed by atoms with van der Waals surface area (Å²) in [4.78, 5) is 15.3. The van der Waals surface area contributed by atoms with Gasteiger partial charge in [-0.2, -0.15) is 0 Å². The number of pyridine rings is 1. The molecule has 0 amide bonds. The van der Waals surface area contributed by atoms with E-state index in [1.807, 2.05) is 0 Å². The molecule has 0 aliphatic rings. The van der Waals surface area contributed by atoms with Gasteiger partial charge in [0.1, 0.15) is 5.75 Å². The Morgan fingerprint density at radius 3 is 2.50 bits per heavy atom. The maximum atomic E-state index is 11.4. The van der Waals surface area contributed by atoms with Crippen LogP contribution in [0.2, 0.25) is 0 Å². The quantitative estimate of drug-likeness (QED) is 0.809. The fourth-order valence-corrected chi connectivity index (χ4v) is 2.19. The summed E-state index contributed by atoms with van der Waals surface area (Å²) in [6.07, 6.45) is 2.55. The van der Waals surface area contributed by atoms with Crippen molar-refractivity contribution in [1.29, 1.82) is 0 Å². The van der Waals surface area contributed by atoms with Gasteiger partial charge in [0.2, 0.25) is 5.88 Å². The first-order chi connectivity index (χ1) is 9.36. The molecule has 0 N–H and O–H groups in total. The highest BCUT2D eigenvalue weighted by Crippen LogP contribution is 2.22. The van der Waals surface area contributed by atoms with Crippen molar-refractivity contribution < 1.29 is 17.9 Å². The van der Waals surface area contributed by atoms with Crippen molar-refractivity contribution in [2.24, 2.45) is 0 Å². The summed E-state index contributed by atoms with van der Waals surface area (Å²) in [5, 5.41) is 0. The third kappa shape index (κ3) is 3.42. The smallest absolute Gasteiger partial charge is 0.219 e. The van der Waals surface area contributed by atoms with Crippen LogP contribution in [0.5, 0.6) is 11.6 Å². The van der Waals surface area contributed by atoms with Gasteiger partial charge in [-0.05, 0) is 31.2 Å². The first-order valence-electron chi connectivity index (χ1n) is 5.81. The number of ether oxygens (including phenoxy) is 1. The topological polar surface area (TPSA) is 73.3 Å². The molecule has 20 heavy (non-hydrogen) atoms. The SMILES string of the molecule is CC(=O)c1ccc(Oc2cccc(S(C)(=O)=O)c2)nc1. The molecule has 0 saturated carbocycles. The number of carbonyl (C=O) groups excluding carboxylic acids is 1. The van der Waals surface area contributed by atoms with Crippen molar-refractivity contribution in [2.45, 2.75) is 11.8 Å². The Balaban J connectivity index is 2.24. The lowest BCUT2D eigenvalue weighted by atomic mass is 10.2. The van der Waals surface area contributed by atoms with Gasteiger partial charge in [0, 0.05) is 24.1 Å². The minimum atomic E-state index is -3.28. The van der Waals surface area contributed by atoms with Gasteiger partial charge < -0.3 is 4.74 Å². The second kappa shape index (κ2) is 5.42. The molecule has 2 rings (SSSR count). The molecule has 6 heteroatoms. The van der Waals surface area contributed by atoms with Crippen molar-refractivity contribution in [3.8, 4) is 11.6 Å². The number of Topliss-reactive ketones (excluding diaryl/α,β-unsaturated/α-hetero) is 1. The van der Waals surface area contributed by atoms with Gasteiger partial charge in [0.05, 0.1) is 4.90 Å².